The van der Waals surface area contributed by atoms with E-state index in [0.717, 1.165) is 6.42 Å². The first-order valence-electron chi connectivity index (χ1n) is 5.98. The first kappa shape index (κ1) is 13.0. The van der Waals surface area contributed by atoms with Crippen LogP contribution in [0, 0.1) is 0 Å². The zero-order valence-corrected chi connectivity index (χ0v) is 10.7. The van der Waals surface area contributed by atoms with Crippen LogP contribution in [0.2, 0.25) is 0 Å². The number of hydrogen-bond donors (Lipinski definition) is 1. The van der Waals surface area contributed by atoms with E-state index in [9.17, 15) is 9.90 Å². The molecule has 1 fully saturated rings. The van der Waals surface area contributed by atoms with Crippen LogP contribution in [-0.4, -0.2) is 46.9 Å². The number of β-amino-alcohol motifs (C(OH)–C–C–N with tert-alkyl or cyclic N) is 1. The fraction of sp³-hybridized carbons (Fsp3) is 0.667. The molecule has 0 bridgehead atoms. The predicted molar refractivity (Wildman–Crippen MR) is 63.0 cm³/mol. The molecule has 1 aromatic heterocycles. The lowest BCUT2D eigenvalue weighted by Crippen LogP contribution is -2.48. The number of piperidine rings is 1. The normalized spacial score (nSPS) is 24.3. The Bertz CT molecular complexity index is 427. The Balaban J connectivity index is 2.05. The van der Waals surface area contributed by atoms with Gasteiger partial charge in [0, 0.05) is 26.3 Å². The molecule has 2 heterocycles. The van der Waals surface area contributed by atoms with Gasteiger partial charge in [0.25, 0.3) is 5.91 Å². The second-order valence-electron chi connectivity index (χ2n) is 4.94. The van der Waals surface area contributed by atoms with Crippen molar-refractivity contribution in [3.05, 3.63) is 17.5 Å². The summed E-state index contributed by atoms with van der Waals surface area (Å²) in [5.41, 5.74) is -0.549. The molecule has 1 aliphatic heterocycles. The van der Waals surface area contributed by atoms with Crippen LogP contribution in [0.3, 0.4) is 0 Å². The van der Waals surface area contributed by atoms with Crippen molar-refractivity contribution in [2.75, 3.05) is 20.2 Å². The molecular formula is C12H18N2O4. The summed E-state index contributed by atoms with van der Waals surface area (Å²) >= 11 is 0. The number of nitrogens with zero attached hydrogens (tertiary/aromatic N) is 2. The van der Waals surface area contributed by atoms with Crippen LogP contribution < -0.4 is 0 Å². The van der Waals surface area contributed by atoms with Crippen LogP contribution in [0.5, 0.6) is 0 Å². The topological polar surface area (TPSA) is 75.8 Å². The van der Waals surface area contributed by atoms with Crippen LogP contribution in [-0.2, 0) is 11.3 Å². The van der Waals surface area contributed by atoms with E-state index in [0.29, 0.717) is 25.3 Å². The van der Waals surface area contributed by atoms with Crippen molar-refractivity contribution in [2.45, 2.75) is 32.0 Å². The van der Waals surface area contributed by atoms with E-state index in [1.54, 1.807) is 25.0 Å². The van der Waals surface area contributed by atoms with Gasteiger partial charge < -0.3 is 19.3 Å². The van der Waals surface area contributed by atoms with E-state index in [2.05, 4.69) is 5.16 Å². The fourth-order valence-electron chi connectivity index (χ4n) is 2.18. The minimum absolute atomic E-state index is 0.207. The van der Waals surface area contributed by atoms with Gasteiger partial charge in [-0.25, -0.2) is 0 Å². The predicted octanol–water partition coefficient (Wildman–Crippen LogP) is 0.808. The molecule has 1 unspecified atom stereocenters. The van der Waals surface area contributed by atoms with Crippen LogP contribution in [0.4, 0.5) is 0 Å². The van der Waals surface area contributed by atoms with Gasteiger partial charge >= 0.3 is 0 Å². The zero-order chi connectivity index (χ0) is 13.2. The standard InChI is InChI=1S/C12H18N2O4/c1-12(16)4-3-5-14(8-12)11(15)10-6-9(7-17-2)18-13-10/h6,16H,3-5,7-8H2,1-2H3. The Labute approximate surface area is 106 Å². The number of likely N-dealkylation sites (tertiary alicyclic amines) is 1. The number of ether oxygens (including phenoxy) is 1. The molecule has 100 valence electrons. The molecular weight excluding hydrogens is 236 g/mol. The first-order valence-corrected chi connectivity index (χ1v) is 5.98. The number of aromatic nitrogens is 1. The van der Waals surface area contributed by atoms with Crippen molar-refractivity contribution in [3.8, 4) is 0 Å². The van der Waals surface area contributed by atoms with Gasteiger partial charge in [-0.3, -0.25) is 4.79 Å². The number of hydrogen-bond acceptors (Lipinski definition) is 5. The maximum absolute atomic E-state index is 12.2. The van der Waals surface area contributed by atoms with E-state index in [4.69, 9.17) is 9.26 Å². The first-order chi connectivity index (χ1) is 8.52. The monoisotopic (exact) mass is 254 g/mol. The Morgan fingerprint density at radius 3 is 3.17 bits per heavy atom. The third kappa shape index (κ3) is 2.88. The van der Waals surface area contributed by atoms with Gasteiger partial charge in [0.05, 0.1) is 5.60 Å². The van der Waals surface area contributed by atoms with Gasteiger partial charge in [0.15, 0.2) is 11.5 Å². The smallest absolute Gasteiger partial charge is 0.276 e. The van der Waals surface area contributed by atoms with E-state index < -0.39 is 5.60 Å². The molecule has 2 rings (SSSR count). The van der Waals surface area contributed by atoms with Gasteiger partial charge in [0.1, 0.15) is 6.61 Å². The molecule has 1 atom stereocenters. The number of carbonyl (C=O) groups is 1. The lowest BCUT2D eigenvalue weighted by molar-refractivity contribution is -0.0110. The molecule has 18 heavy (non-hydrogen) atoms. The molecule has 0 radical (unpaired) electrons. The molecule has 6 heteroatoms. The lowest BCUT2D eigenvalue weighted by Gasteiger charge is -2.36. The maximum Gasteiger partial charge on any atom is 0.276 e. The molecule has 0 saturated carbocycles. The van der Waals surface area contributed by atoms with Crippen molar-refractivity contribution in [1.82, 2.24) is 10.1 Å². The fourth-order valence-corrected chi connectivity index (χ4v) is 2.18. The third-order valence-electron chi connectivity index (χ3n) is 3.03. The molecule has 1 N–H and O–H groups in total. The number of carbonyl (C=O) groups excluding carboxylic acids is 1. The molecule has 1 amide bonds. The van der Waals surface area contributed by atoms with Crippen LogP contribution in [0.25, 0.3) is 0 Å². The Kier molecular flexibility index (Phi) is 3.68. The number of aliphatic hydroxyl groups is 1. The minimum atomic E-state index is -0.812. The molecule has 1 saturated heterocycles. The summed E-state index contributed by atoms with van der Waals surface area (Å²) < 4.78 is 9.88. The Morgan fingerprint density at radius 2 is 2.50 bits per heavy atom. The van der Waals surface area contributed by atoms with Crippen LogP contribution in [0.1, 0.15) is 36.0 Å². The zero-order valence-electron chi connectivity index (χ0n) is 10.7. The summed E-state index contributed by atoms with van der Waals surface area (Å²) in [6.07, 6.45) is 1.51. The SMILES string of the molecule is COCc1cc(C(=O)N2CCCC(C)(O)C2)no1. The van der Waals surface area contributed by atoms with Crippen LogP contribution in [0.15, 0.2) is 10.6 Å². The molecule has 6 nitrogen and oxygen atoms in total. The number of methoxy groups -OCH3 is 1. The van der Waals surface area contributed by atoms with Crippen LogP contribution >= 0.6 is 0 Å². The molecule has 0 spiro atoms. The van der Waals surface area contributed by atoms with Crippen molar-refractivity contribution in [3.63, 3.8) is 0 Å². The summed E-state index contributed by atoms with van der Waals surface area (Å²) in [6.45, 7) is 3.00. The Hall–Kier alpha value is -1.40. The van der Waals surface area contributed by atoms with Gasteiger partial charge in [-0.2, -0.15) is 0 Å². The minimum Gasteiger partial charge on any atom is -0.388 e. The molecule has 1 aliphatic rings. The summed E-state index contributed by atoms with van der Waals surface area (Å²) in [5.74, 6) is 0.311. The van der Waals surface area contributed by atoms with Gasteiger partial charge in [-0.15, -0.1) is 0 Å². The van der Waals surface area contributed by atoms with Gasteiger partial charge in [0.2, 0.25) is 0 Å². The highest BCUT2D eigenvalue weighted by atomic mass is 16.5. The average Bonchev–Trinajstić information content (AvgIpc) is 2.76. The van der Waals surface area contributed by atoms with E-state index in [1.807, 2.05) is 0 Å². The third-order valence-corrected chi connectivity index (χ3v) is 3.03. The van der Waals surface area contributed by atoms with Gasteiger partial charge in [-0.05, 0) is 19.8 Å². The Morgan fingerprint density at radius 1 is 1.72 bits per heavy atom. The van der Waals surface area contributed by atoms with E-state index >= 15 is 0 Å². The second kappa shape index (κ2) is 5.07. The van der Waals surface area contributed by atoms with Gasteiger partial charge in [-0.1, -0.05) is 5.16 Å². The lowest BCUT2D eigenvalue weighted by atomic mass is 9.95. The average molecular weight is 254 g/mol. The quantitative estimate of drug-likeness (QED) is 0.863. The highest BCUT2D eigenvalue weighted by molar-refractivity contribution is 5.92. The molecule has 0 aromatic carbocycles. The highest BCUT2D eigenvalue weighted by Gasteiger charge is 2.32. The largest absolute Gasteiger partial charge is 0.388 e. The van der Waals surface area contributed by atoms with Crippen molar-refractivity contribution in [2.24, 2.45) is 0 Å². The molecule has 1 aromatic rings. The number of rotatable bonds is 3. The highest BCUT2D eigenvalue weighted by Crippen LogP contribution is 2.21. The summed E-state index contributed by atoms with van der Waals surface area (Å²) in [6, 6.07) is 1.58. The number of amides is 1. The summed E-state index contributed by atoms with van der Waals surface area (Å²) in [7, 11) is 1.55. The summed E-state index contributed by atoms with van der Waals surface area (Å²) in [4.78, 5) is 13.8. The second-order valence-corrected chi connectivity index (χ2v) is 4.94. The summed E-state index contributed by atoms with van der Waals surface area (Å²) in [5, 5.41) is 13.7. The van der Waals surface area contributed by atoms with Crippen molar-refractivity contribution >= 4 is 5.91 Å². The maximum atomic E-state index is 12.2. The van der Waals surface area contributed by atoms with Crippen molar-refractivity contribution in [1.29, 1.82) is 0 Å². The van der Waals surface area contributed by atoms with Crippen molar-refractivity contribution < 1.29 is 19.2 Å². The molecule has 0 aliphatic carbocycles. The van der Waals surface area contributed by atoms with E-state index in [-0.39, 0.29) is 18.2 Å². The van der Waals surface area contributed by atoms with E-state index in [1.165, 1.54) is 0 Å².